The largest absolute Gasteiger partial charge is 0.375 e. The number of hydrogen-bond donors (Lipinski definition) is 0. The minimum atomic E-state index is 0.177. The molecule has 1 saturated carbocycles. The quantitative estimate of drug-likeness (QED) is 0.557. The van der Waals surface area contributed by atoms with Crippen molar-refractivity contribution in [2.45, 2.75) is 52.1 Å². The van der Waals surface area contributed by atoms with Gasteiger partial charge in [-0.3, -0.25) is 0 Å². The van der Waals surface area contributed by atoms with Crippen LogP contribution in [-0.4, -0.2) is 12.2 Å². The Morgan fingerprint density at radius 3 is 2.77 bits per heavy atom. The van der Waals surface area contributed by atoms with Crippen molar-refractivity contribution >= 4 is 0 Å². The molecule has 1 radical (unpaired) electrons. The van der Waals surface area contributed by atoms with E-state index in [1.807, 2.05) is 0 Å². The summed E-state index contributed by atoms with van der Waals surface area (Å²) in [6, 6.07) is 0. The first-order valence-corrected chi connectivity index (χ1v) is 5.53. The van der Waals surface area contributed by atoms with Gasteiger partial charge in [0.2, 0.25) is 0 Å². The van der Waals surface area contributed by atoms with Crippen LogP contribution in [0.3, 0.4) is 0 Å². The van der Waals surface area contributed by atoms with Gasteiger partial charge < -0.3 is 4.74 Å². The maximum absolute atomic E-state index is 5.98. The SMILES string of the molecule is CC1(C)[CH]CC[C@]2(C)OCCCC12. The van der Waals surface area contributed by atoms with Crippen molar-refractivity contribution in [2.24, 2.45) is 11.3 Å². The average Bonchev–Trinajstić information content (AvgIpc) is 2.02. The average molecular weight is 181 g/mol. The van der Waals surface area contributed by atoms with Crippen molar-refractivity contribution < 1.29 is 4.74 Å². The lowest BCUT2D eigenvalue weighted by Crippen LogP contribution is -2.51. The number of hydrogen-bond acceptors (Lipinski definition) is 1. The second kappa shape index (κ2) is 2.98. The summed E-state index contributed by atoms with van der Waals surface area (Å²) in [6.07, 6.45) is 7.53. The van der Waals surface area contributed by atoms with Crippen LogP contribution in [0.2, 0.25) is 0 Å². The third-order valence-corrected chi connectivity index (χ3v) is 4.02. The van der Waals surface area contributed by atoms with Crippen molar-refractivity contribution in [3.8, 4) is 0 Å². The Labute approximate surface area is 81.9 Å². The van der Waals surface area contributed by atoms with Gasteiger partial charge in [-0.15, -0.1) is 0 Å². The molecule has 2 aliphatic rings. The van der Waals surface area contributed by atoms with Crippen LogP contribution in [0.1, 0.15) is 46.5 Å². The molecule has 75 valence electrons. The Hall–Kier alpha value is -0.0400. The predicted molar refractivity (Wildman–Crippen MR) is 54.4 cm³/mol. The van der Waals surface area contributed by atoms with Crippen molar-refractivity contribution in [3.63, 3.8) is 0 Å². The van der Waals surface area contributed by atoms with Crippen LogP contribution < -0.4 is 0 Å². The van der Waals surface area contributed by atoms with Crippen LogP contribution in [-0.2, 0) is 4.74 Å². The van der Waals surface area contributed by atoms with Crippen LogP contribution in [0.25, 0.3) is 0 Å². The molecule has 0 bridgehead atoms. The second-order valence-electron chi connectivity index (χ2n) is 5.42. The Morgan fingerprint density at radius 1 is 1.31 bits per heavy atom. The van der Waals surface area contributed by atoms with Gasteiger partial charge in [-0.25, -0.2) is 0 Å². The summed E-state index contributed by atoms with van der Waals surface area (Å²) in [5.41, 5.74) is 0.559. The van der Waals surface area contributed by atoms with E-state index >= 15 is 0 Å². The zero-order valence-corrected chi connectivity index (χ0v) is 9.10. The molecule has 1 heteroatoms. The highest BCUT2D eigenvalue weighted by atomic mass is 16.5. The van der Waals surface area contributed by atoms with Crippen molar-refractivity contribution in [3.05, 3.63) is 6.42 Å². The zero-order chi connectivity index (χ0) is 9.53. The summed E-state index contributed by atoms with van der Waals surface area (Å²) >= 11 is 0. The fourth-order valence-corrected chi connectivity index (χ4v) is 3.28. The first kappa shape index (κ1) is 9.51. The molecule has 1 unspecified atom stereocenters. The summed E-state index contributed by atoms with van der Waals surface area (Å²) in [4.78, 5) is 0. The predicted octanol–water partition coefficient (Wildman–Crippen LogP) is 3.20. The van der Waals surface area contributed by atoms with Gasteiger partial charge in [0.05, 0.1) is 5.60 Å². The fourth-order valence-electron chi connectivity index (χ4n) is 3.28. The zero-order valence-electron chi connectivity index (χ0n) is 9.10. The molecule has 2 fully saturated rings. The minimum absolute atomic E-state index is 0.177. The third kappa shape index (κ3) is 1.52. The topological polar surface area (TPSA) is 9.23 Å². The third-order valence-electron chi connectivity index (χ3n) is 4.02. The van der Waals surface area contributed by atoms with Gasteiger partial charge in [0.25, 0.3) is 0 Å². The molecule has 0 aromatic carbocycles. The maximum atomic E-state index is 5.98. The fraction of sp³-hybridized carbons (Fsp3) is 0.917. The molecule has 1 nitrogen and oxygen atoms in total. The van der Waals surface area contributed by atoms with Gasteiger partial charge >= 0.3 is 0 Å². The van der Waals surface area contributed by atoms with E-state index in [1.54, 1.807) is 0 Å². The highest BCUT2D eigenvalue weighted by molar-refractivity contribution is 5.05. The van der Waals surface area contributed by atoms with Gasteiger partial charge in [-0.2, -0.15) is 0 Å². The van der Waals surface area contributed by atoms with E-state index in [1.165, 1.54) is 25.7 Å². The van der Waals surface area contributed by atoms with E-state index < -0.39 is 0 Å². The lowest BCUT2D eigenvalue weighted by molar-refractivity contribution is -0.151. The lowest BCUT2D eigenvalue weighted by Gasteiger charge is -2.52. The molecular weight excluding hydrogens is 160 g/mol. The van der Waals surface area contributed by atoms with E-state index in [2.05, 4.69) is 27.2 Å². The standard InChI is InChI=1S/C12H21O/c1-11(2)7-5-8-12(3)10(11)6-4-9-13-12/h7,10H,4-6,8-9H2,1-3H3/t10?,12-/m0/s1. The summed E-state index contributed by atoms with van der Waals surface area (Å²) in [5, 5.41) is 0. The molecule has 1 heterocycles. The number of fused-ring (bicyclic) bond motifs is 1. The first-order valence-electron chi connectivity index (χ1n) is 5.53. The van der Waals surface area contributed by atoms with Gasteiger partial charge in [0, 0.05) is 6.61 Å². The Kier molecular flexibility index (Phi) is 2.18. The summed E-state index contributed by atoms with van der Waals surface area (Å²) < 4.78 is 5.98. The molecule has 13 heavy (non-hydrogen) atoms. The molecular formula is C12H21O. The van der Waals surface area contributed by atoms with Gasteiger partial charge in [0.15, 0.2) is 0 Å². The Balaban J connectivity index is 2.21. The second-order valence-corrected chi connectivity index (χ2v) is 5.42. The molecule has 1 aliphatic carbocycles. The molecule has 2 atom stereocenters. The molecule has 0 N–H and O–H groups in total. The molecule has 0 aromatic heterocycles. The Morgan fingerprint density at radius 2 is 2.08 bits per heavy atom. The minimum Gasteiger partial charge on any atom is -0.375 e. The molecule has 1 saturated heterocycles. The molecule has 0 amide bonds. The van der Waals surface area contributed by atoms with Gasteiger partial charge in [-0.1, -0.05) is 13.8 Å². The normalized spacial score (nSPS) is 44.1. The van der Waals surface area contributed by atoms with Crippen molar-refractivity contribution in [2.75, 3.05) is 6.61 Å². The monoisotopic (exact) mass is 181 g/mol. The van der Waals surface area contributed by atoms with Crippen LogP contribution in [0.15, 0.2) is 0 Å². The van der Waals surface area contributed by atoms with E-state index in [4.69, 9.17) is 4.74 Å². The number of rotatable bonds is 0. The molecule has 0 aromatic rings. The van der Waals surface area contributed by atoms with Crippen LogP contribution in [0.5, 0.6) is 0 Å². The molecule has 0 spiro atoms. The molecule has 2 rings (SSSR count). The van der Waals surface area contributed by atoms with Gasteiger partial charge in [0.1, 0.15) is 0 Å². The molecule has 1 aliphatic heterocycles. The van der Waals surface area contributed by atoms with Crippen LogP contribution >= 0.6 is 0 Å². The lowest BCUT2D eigenvalue weighted by atomic mass is 9.59. The van der Waals surface area contributed by atoms with E-state index in [0.717, 1.165) is 12.5 Å². The van der Waals surface area contributed by atoms with Gasteiger partial charge in [-0.05, 0) is 50.4 Å². The van der Waals surface area contributed by atoms with E-state index in [-0.39, 0.29) is 5.60 Å². The number of ether oxygens (including phenoxy) is 1. The summed E-state index contributed by atoms with van der Waals surface area (Å²) in [6.45, 7) is 8.02. The van der Waals surface area contributed by atoms with Crippen LogP contribution in [0, 0.1) is 17.8 Å². The summed E-state index contributed by atoms with van der Waals surface area (Å²) in [5.74, 6) is 0.738. The smallest absolute Gasteiger partial charge is 0.0687 e. The Bertz CT molecular complexity index is 193. The highest BCUT2D eigenvalue weighted by Gasteiger charge is 2.48. The van der Waals surface area contributed by atoms with Crippen LogP contribution in [0.4, 0.5) is 0 Å². The van der Waals surface area contributed by atoms with Crippen molar-refractivity contribution in [1.82, 2.24) is 0 Å². The first-order chi connectivity index (χ1) is 6.05. The van der Waals surface area contributed by atoms with E-state index in [9.17, 15) is 0 Å². The van der Waals surface area contributed by atoms with E-state index in [0.29, 0.717) is 5.41 Å². The van der Waals surface area contributed by atoms with Crippen molar-refractivity contribution in [1.29, 1.82) is 0 Å². The maximum Gasteiger partial charge on any atom is 0.0687 e. The summed E-state index contributed by atoms with van der Waals surface area (Å²) in [7, 11) is 0. The highest BCUT2D eigenvalue weighted by Crippen LogP contribution is 2.51.